The van der Waals surface area contributed by atoms with Gasteiger partial charge in [0.15, 0.2) is 11.6 Å². The van der Waals surface area contributed by atoms with Gasteiger partial charge in [-0.3, -0.25) is 0 Å². The number of hydrogen-bond acceptors (Lipinski definition) is 2. The first-order valence-corrected chi connectivity index (χ1v) is 12.5. The van der Waals surface area contributed by atoms with Crippen molar-refractivity contribution in [1.82, 2.24) is 0 Å². The molecule has 2 aromatic carbocycles. The minimum absolute atomic E-state index is 0.337. The van der Waals surface area contributed by atoms with E-state index in [0.717, 1.165) is 63.7 Å². The van der Waals surface area contributed by atoms with Gasteiger partial charge in [-0.05, 0) is 98.8 Å². The van der Waals surface area contributed by atoms with Crippen molar-refractivity contribution in [2.24, 2.45) is 17.8 Å². The molecule has 0 bridgehead atoms. The van der Waals surface area contributed by atoms with E-state index in [1.165, 1.54) is 11.1 Å². The van der Waals surface area contributed by atoms with Gasteiger partial charge < -0.3 is 9.47 Å². The highest BCUT2D eigenvalue weighted by Gasteiger charge is 2.45. The molecule has 186 valence electrons. The normalized spacial score (nSPS) is 25.8. The maximum Gasteiger partial charge on any atom is 0.400 e. The molecule has 6 heteroatoms. The maximum atomic E-state index is 14.7. The summed E-state index contributed by atoms with van der Waals surface area (Å²) in [5, 5.41) is 0. The lowest BCUT2D eigenvalue weighted by molar-refractivity contribution is -0.224. The number of halogens is 4. The van der Waals surface area contributed by atoms with Crippen molar-refractivity contribution in [3.8, 4) is 5.75 Å². The number of hydrogen-bond donors (Lipinski definition) is 0. The third kappa shape index (κ3) is 6.12. The van der Waals surface area contributed by atoms with Crippen LogP contribution in [-0.4, -0.2) is 19.8 Å². The van der Waals surface area contributed by atoms with Crippen molar-refractivity contribution in [3.63, 3.8) is 0 Å². The standard InChI is InChI=1S/C28H34F4O2/c1-33-17-16-19-2-4-20(5-3-19)21-6-8-22(9-7-21)23-10-12-24(13-11-23)28(31,32)34-25-14-15-26(29)27(30)18-25/h2-5,14-15,18,21-24H,6-13,16-17H2,1H3. The number of benzene rings is 2. The molecule has 0 saturated heterocycles. The van der Waals surface area contributed by atoms with Gasteiger partial charge in [0, 0.05) is 13.2 Å². The van der Waals surface area contributed by atoms with Crippen molar-refractivity contribution in [3.05, 3.63) is 65.2 Å². The van der Waals surface area contributed by atoms with Crippen LogP contribution in [0.1, 0.15) is 68.4 Å². The Morgan fingerprint density at radius 1 is 0.794 bits per heavy atom. The van der Waals surface area contributed by atoms with Gasteiger partial charge in [0.2, 0.25) is 0 Å². The Kier molecular flexibility index (Phi) is 8.18. The maximum absolute atomic E-state index is 14.7. The molecule has 2 aliphatic carbocycles. The molecule has 2 nitrogen and oxygen atoms in total. The van der Waals surface area contributed by atoms with Gasteiger partial charge in [0.1, 0.15) is 5.75 Å². The van der Waals surface area contributed by atoms with E-state index in [1.54, 1.807) is 7.11 Å². The highest BCUT2D eigenvalue weighted by molar-refractivity contribution is 5.26. The smallest absolute Gasteiger partial charge is 0.400 e. The monoisotopic (exact) mass is 478 g/mol. The first kappa shape index (κ1) is 25.0. The molecule has 0 spiro atoms. The molecule has 2 aliphatic rings. The average Bonchev–Trinajstić information content (AvgIpc) is 2.85. The molecular formula is C28H34F4O2. The molecule has 0 N–H and O–H groups in total. The number of rotatable bonds is 8. The van der Waals surface area contributed by atoms with Gasteiger partial charge in [-0.1, -0.05) is 24.3 Å². The van der Waals surface area contributed by atoms with E-state index >= 15 is 0 Å². The van der Waals surface area contributed by atoms with Crippen LogP contribution in [-0.2, 0) is 11.2 Å². The summed E-state index contributed by atoms with van der Waals surface area (Å²) in [5.74, 6) is -1.84. The quantitative estimate of drug-likeness (QED) is 0.359. The van der Waals surface area contributed by atoms with Crippen molar-refractivity contribution >= 4 is 0 Å². The minimum Gasteiger partial charge on any atom is -0.432 e. The molecule has 2 aromatic rings. The van der Waals surface area contributed by atoms with Crippen LogP contribution >= 0.6 is 0 Å². The van der Waals surface area contributed by atoms with Gasteiger partial charge in [-0.25, -0.2) is 8.78 Å². The molecule has 0 unspecified atom stereocenters. The molecule has 34 heavy (non-hydrogen) atoms. The van der Waals surface area contributed by atoms with Crippen LogP contribution in [0.3, 0.4) is 0 Å². The zero-order valence-corrected chi connectivity index (χ0v) is 19.8. The second kappa shape index (κ2) is 11.1. The van der Waals surface area contributed by atoms with Crippen LogP contribution in [0.5, 0.6) is 5.75 Å². The Balaban J connectivity index is 1.24. The fourth-order valence-electron chi connectivity index (χ4n) is 5.81. The number of methoxy groups -OCH3 is 1. The molecule has 0 amide bonds. The Morgan fingerprint density at radius 3 is 2.00 bits per heavy atom. The highest BCUT2D eigenvalue weighted by atomic mass is 19.3. The first-order valence-electron chi connectivity index (χ1n) is 12.5. The molecule has 0 aliphatic heterocycles. The number of alkyl halides is 2. The largest absolute Gasteiger partial charge is 0.432 e. The zero-order valence-electron chi connectivity index (χ0n) is 19.8. The Hall–Kier alpha value is -2.08. The lowest BCUT2D eigenvalue weighted by Gasteiger charge is -2.39. The molecule has 0 aromatic heterocycles. The van der Waals surface area contributed by atoms with Gasteiger partial charge in [0.05, 0.1) is 12.5 Å². The first-order chi connectivity index (χ1) is 16.4. The van der Waals surface area contributed by atoms with E-state index in [0.29, 0.717) is 36.7 Å². The molecule has 2 saturated carbocycles. The van der Waals surface area contributed by atoms with E-state index in [1.807, 2.05) is 0 Å². The fraction of sp³-hybridized carbons (Fsp3) is 0.571. The summed E-state index contributed by atoms with van der Waals surface area (Å²) in [6.45, 7) is 0.732. The van der Waals surface area contributed by atoms with E-state index in [9.17, 15) is 17.6 Å². The summed E-state index contributed by atoms with van der Waals surface area (Å²) in [6, 6.07) is 11.4. The predicted molar refractivity (Wildman–Crippen MR) is 124 cm³/mol. The Labute approximate surface area is 199 Å². The van der Waals surface area contributed by atoms with Crippen LogP contribution < -0.4 is 4.74 Å². The molecular weight excluding hydrogens is 444 g/mol. The van der Waals surface area contributed by atoms with Crippen molar-refractivity contribution in [2.75, 3.05) is 13.7 Å². The summed E-state index contributed by atoms with van der Waals surface area (Å²) in [5.41, 5.74) is 2.69. The van der Waals surface area contributed by atoms with Crippen LogP contribution in [0.4, 0.5) is 17.6 Å². The summed E-state index contributed by atoms with van der Waals surface area (Å²) in [6.07, 6.45) is 4.46. The lowest BCUT2D eigenvalue weighted by atomic mass is 9.68. The molecule has 0 radical (unpaired) electrons. The minimum atomic E-state index is -3.39. The number of ether oxygens (including phenoxy) is 2. The summed E-state index contributed by atoms with van der Waals surface area (Å²) in [7, 11) is 1.72. The topological polar surface area (TPSA) is 18.5 Å². The van der Waals surface area contributed by atoms with E-state index in [2.05, 4.69) is 24.3 Å². The average molecular weight is 479 g/mol. The predicted octanol–water partition coefficient (Wildman–Crippen LogP) is 7.91. The van der Waals surface area contributed by atoms with Crippen molar-refractivity contribution in [2.45, 2.75) is 69.8 Å². The van der Waals surface area contributed by atoms with Gasteiger partial charge in [0.25, 0.3) is 0 Å². The SMILES string of the molecule is COCCc1ccc(C2CCC(C3CCC(C(F)(F)Oc4ccc(F)c(F)c4)CC3)CC2)cc1. The fourth-order valence-corrected chi connectivity index (χ4v) is 5.81. The van der Waals surface area contributed by atoms with E-state index in [-0.39, 0.29) is 5.75 Å². The van der Waals surface area contributed by atoms with Crippen LogP contribution in [0.15, 0.2) is 42.5 Å². The summed E-state index contributed by atoms with van der Waals surface area (Å²) in [4.78, 5) is 0. The van der Waals surface area contributed by atoms with Crippen LogP contribution in [0.2, 0.25) is 0 Å². The second-order valence-corrected chi connectivity index (χ2v) is 9.95. The van der Waals surface area contributed by atoms with Gasteiger partial charge in [-0.15, -0.1) is 0 Å². The Bertz CT molecular complexity index is 915. The van der Waals surface area contributed by atoms with E-state index < -0.39 is 23.7 Å². The highest BCUT2D eigenvalue weighted by Crippen LogP contribution is 2.46. The second-order valence-electron chi connectivity index (χ2n) is 9.95. The third-order valence-corrected chi connectivity index (χ3v) is 7.88. The van der Waals surface area contributed by atoms with Crippen LogP contribution in [0, 0.1) is 29.4 Å². The van der Waals surface area contributed by atoms with Crippen molar-refractivity contribution in [1.29, 1.82) is 0 Å². The lowest BCUT2D eigenvalue weighted by Crippen LogP contribution is -2.38. The third-order valence-electron chi connectivity index (χ3n) is 7.88. The molecule has 0 atom stereocenters. The molecule has 4 rings (SSSR count). The van der Waals surface area contributed by atoms with Gasteiger partial charge >= 0.3 is 6.11 Å². The summed E-state index contributed by atoms with van der Waals surface area (Å²) >= 11 is 0. The summed E-state index contributed by atoms with van der Waals surface area (Å²) < 4.78 is 65.7. The van der Waals surface area contributed by atoms with Gasteiger partial charge in [-0.2, -0.15) is 8.78 Å². The van der Waals surface area contributed by atoms with E-state index in [4.69, 9.17) is 9.47 Å². The molecule has 2 fully saturated rings. The van der Waals surface area contributed by atoms with Crippen molar-refractivity contribution < 1.29 is 27.0 Å². The van der Waals surface area contributed by atoms with Crippen LogP contribution in [0.25, 0.3) is 0 Å². The molecule has 0 heterocycles. The Morgan fingerprint density at radius 2 is 1.41 bits per heavy atom. The zero-order chi connectivity index (χ0) is 24.1.